The van der Waals surface area contributed by atoms with E-state index in [-0.39, 0.29) is 17.9 Å². The number of hydrogen-bond acceptors (Lipinski definition) is 7. The van der Waals surface area contributed by atoms with Crippen molar-refractivity contribution in [3.05, 3.63) is 58.8 Å². The Morgan fingerprint density at radius 1 is 1.19 bits per heavy atom. The molecule has 1 aliphatic rings. The first-order chi connectivity index (χ1) is 13.2. The highest BCUT2D eigenvalue weighted by molar-refractivity contribution is 5.96. The van der Waals surface area contributed by atoms with Crippen LogP contribution in [0.25, 0.3) is 22.2 Å². The maximum absolute atomic E-state index is 13.0. The number of esters is 1. The van der Waals surface area contributed by atoms with Crippen LogP contribution >= 0.6 is 0 Å². The lowest BCUT2D eigenvalue weighted by Gasteiger charge is -2.09. The Morgan fingerprint density at radius 2 is 2.04 bits per heavy atom. The number of pyridine rings is 1. The van der Waals surface area contributed by atoms with E-state index in [1.54, 1.807) is 30.5 Å². The normalized spacial score (nSPS) is 12.6. The number of fused-ring (bicyclic) bond motifs is 4. The fourth-order valence-corrected chi connectivity index (χ4v) is 3.11. The van der Waals surface area contributed by atoms with Crippen LogP contribution in [0.15, 0.2) is 47.7 Å². The first kappa shape index (κ1) is 15.4. The molecule has 0 amide bonds. The molecule has 0 saturated carbocycles. The summed E-state index contributed by atoms with van der Waals surface area (Å²) in [4.78, 5) is 29.0. The molecule has 134 valence electrons. The Hall–Kier alpha value is -3.88. The third kappa shape index (κ3) is 2.18. The molecule has 0 fully saturated rings. The van der Waals surface area contributed by atoms with Gasteiger partial charge < -0.3 is 14.2 Å². The molecule has 1 aromatic carbocycles. The van der Waals surface area contributed by atoms with Crippen molar-refractivity contribution in [1.29, 1.82) is 0 Å². The first-order valence-corrected chi connectivity index (χ1v) is 8.04. The molecule has 0 bridgehead atoms. The summed E-state index contributed by atoms with van der Waals surface area (Å²) in [6.45, 7) is 0.162. The topological polar surface area (TPSA) is 97.0 Å². The third-order valence-electron chi connectivity index (χ3n) is 4.43. The van der Waals surface area contributed by atoms with Crippen molar-refractivity contribution in [2.45, 2.75) is 0 Å². The predicted octanol–water partition coefficient (Wildman–Crippen LogP) is 1.55. The SMILES string of the molecule is COC(=O)c1cnn2c1ncc1c(=O)n(-c3ccc4c(c3)OCO4)ccc12. The Balaban J connectivity index is 1.71. The van der Waals surface area contributed by atoms with Crippen molar-refractivity contribution in [2.24, 2.45) is 0 Å². The molecular weight excluding hydrogens is 352 g/mol. The van der Waals surface area contributed by atoms with Crippen LogP contribution in [0.1, 0.15) is 10.4 Å². The number of carbonyl (C=O) groups excluding carboxylic acids is 1. The van der Waals surface area contributed by atoms with Crippen LogP contribution in [0.2, 0.25) is 0 Å². The van der Waals surface area contributed by atoms with Gasteiger partial charge in [0.25, 0.3) is 5.56 Å². The van der Waals surface area contributed by atoms with Gasteiger partial charge in [-0.1, -0.05) is 0 Å². The number of carbonyl (C=O) groups is 1. The van der Waals surface area contributed by atoms with E-state index in [1.165, 1.54) is 28.6 Å². The maximum Gasteiger partial charge on any atom is 0.343 e. The van der Waals surface area contributed by atoms with Crippen LogP contribution in [0.5, 0.6) is 11.5 Å². The Kier molecular flexibility index (Phi) is 3.17. The molecule has 4 aromatic rings. The molecule has 5 rings (SSSR count). The van der Waals surface area contributed by atoms with E-state index in [2.05, 4.69) is 10.1 Å². The molecule has 9 heteroatoms. The smallest absolute Gasteiger partial charge is 0.343 e. The van der Waals surface area contributed by atoms with E-state index in [9.17, 15) is 9.59 Å². The van der Waals surface area contributed by atoms with Gasteiger partial charge in [0, 0.05) is 18.5 Å². The molecule has 4 heterocycles. The van der Waals surface area contributed by atoms with E-state index >= 15 is 0 Å². The van der Waals surface area contributed by atoms with Crippen LogP contribution in [0.4, 0.5) is 0 Å². The Morgan fingerprint density at radius 3 is 2.89 bits per heavy atom. The van der Waals surface area contributed by atoms with Crippen molar-refractivity contribution in [2.75, 3.05) is 13.9 Å². The minimum Gasteiger partial charge on any atom is -0.465 e. The van der Waals surface area contributed by atoms with Crippen LogP contribution < -0.4 is 15.0 Å². The van der Waals surface area contributed by atoms with Crippen LogP contribution in [-0.2, 0) is 4.74 Å². The monoisotopic (exact) mass is 364 g/mol. The number of nitrogens with zero attached hydrogens (tertiary/aromatic N) is 4. The molecule has 0 unspecified atom stereocenters. The lowest BCUT2D eigenvalue weighted by atomic mass is 10.2. The van der Waals surface area contributed by atoms with Crippen molar-refractivity contribution in [3.8, 4) is 17.2 Å². The second kappa shape index (κ2) is 5.56. The summed E-state index contributed by atoms with van der Waals surface area (Å²) in [6.07, 6.45) is 4.45. The van der Waals surface area contributed by atoms with Gasteiger partial charge in [0.2, 0.25) is 6.79 Å². The van der Waals surface area contributed by atoms with E-state index in [4.69, 9.17) is 14.2 Å². The molecular formula is C18H12N4O5. The number of ether oxygens (including phenoxy) is 3. The van der Waals surface area contributed by atoms with E-state index < -0.39 is 5.97 Å². The van der Waals surface area contributed by atoms with Crippen LogP contribution in [0.3, 0.4) is 0 Å². The number of methoxy groups -OCH3 is 1. The zero-order valence-corrected chi connectivity index (χ0v) is 14.1. The largest absolute Gasteiger partial charge is 0.465 e. The highest BCUT2D eigenvalue weighted by Crippen LogP contribution is 2.33. The van der Waals surface area contributed by atoms with Gasteiger partial charge in [0.05, 0.1) is 29.9 Å². The summed E-state index contributed by atoms with van der Waals surface area (Å²) < 4.78 is 18.3. The number of hydrogen-bond donors (Lipinski definition) is 0. The van der Waals surface area contributed by atoms with E-state index in [1.807, 2.05) is 0 Å². The number of aromatic nitrogens is 4. The minimum absolute atomic E-state index is 0.162. The van der Waals surface area contributed by atoms with Crippen LogP contribution in [-0.4, -0.2) is 39.0 Å². The van der Waals surface area contributed by atoms with Crippen molar-refractivity contribution < 1.29 is 19.0 Å². The van der Waals surface area contributed by atoms with Gasteiger partial charge in [-0.05, 0) is 18.2 Å². The molecule has 27 heavy (non-hydrogen) atoms. The summed E-state index contributed by atoms with van der Waals surface area (Å²) >= 11 is 0. The lowest BCUT2D eigenvalue weighted by Crippen LogP contribution is -2.19. The van der Waals surface area contributed by atoms with Gasteiger partial charge in [-0.2, -0.15) is 5.10 Å². The molecule has 3 aromatic heterocycles. The van der Waals surface area contributed by atoms with E-state index in [0.717, 1.165) is 0 Å². The standard InChI is InChI=1S/C18H12N4O5/c1-25-18(24)12-8-20-22-13-4-5-21(17(23)11(13)7-19-16(12)22)10-2-3-14-15(6-10)27-9-26-14/h2-8H,9H2,1H3. The molecule has 9 nitrogen and oxygen atoms in total. The second-order valence-electron chi connectivity index (χ2n) is 5.87. The molecule has 0 spiro atoms. The Labute approximate surface area is 151 Å². The van der Waals surface area contributed by atoms with Gasteiger partial charge >= 0.3 is 5.97 Å². The van der Waals surface area contributed by atoms with Gasteiger partial charge in [-0.3, -0.25) is 9.36 Å². The fourth-order valence-electron chi connectivity index (χ4n) is 3.11. The van der Waals surface area contributed by atoms with E-state index in [0.29, 0.717) is 33.7 Å². The zero-order valence-electron chi connectivity index (χ0n) is 14.1. The van der Waals surface area contributed by atoms with Gasteiger partial charge in [-0.25, -0.2) is 14.3 Å². The Bertz CT molecular complexity index is 1290. The quantitative estimate of drug-likeness (QED) is 0.498. The summed E-state index contributed by atoms with van der Waals surface area (Å²) in [5, 5.41) is 4.54. The second-order valence-corrected chi connectivity index (χ2v) is 5.87. The van der Waals surface area contributed by atoms with Gasteiger partial charge in [-0.15, -0.1) is 0 Å². The van der Waals surface area contributed by atoms with Crippen LogP contribution in [0, 0.1) is 0 Å². The van der Waals surface area contributed by atoms with Gasteiger partial charge in [0.1, 0.15) is 5.56 Å². The average molecular weight is 364 g/mol. The molecule has 0 aliphatic carbocycles. The number of rotatable bonds is 2. The zero-order chi connectivity index (χ0) is 18.5. The minimum atomic E-state index is -0.537. The molecule has 0 atom stereocenters. The fraction of sp³-hybridized carbons (Fsp3) is 0.111. The van der Waals surface area contributed by atoms with Crippen molar-refractivity contribution in [3.63, 3.8) is 0 Å². The lowest BCUT2D eigenvalue weighted by molar-refractivity contribution is 0.0602. The average Bonchev–Trinajstić information content (AvgIpc) is 3.33. The summed E-state index contributed by atoms with van der Waals surface area (Å²) in [5.74, 6) is 0.691. The summed E-state index contributed by atoms with van der Waals surface area (Å²) in [6, 6.07) is 7.01. The van der Waals surface area contributed by atoms with Crippen molar-refractivity contribution >= 4 is 22.5 Å². The molecule has 0 saturated heterocycles. The van der Waals surface area contributed by atoms with Gasteiger partial charge in [0.15, 0.2) is 17.1 Å². The molecule has 0 N–H and O–H groups in total. The molecule has 0 radical (unpaired) electrons. The maximum atomic E-state index is 13.0. The molecule has 1 aliphatic heterocycles. The highest BCUT2D eigenvalue weighted by Gasteiger charge is 2.18. The highest BCUT2D eigenvalue weighted by atomic mass is 16.7. The number of benzene rings is 1. The predicted molar refractivity (Wildman–Crippen MR) is 93.6 cm³/mol. The van der Waals surface area contributed by atoms with Crippen molar-refractivity contribution in [1.82, 2.24) is 19.2 Å². The summed E-state index contributed by atoms with van der Waals surface area (Å²) in [5.41, 5.74) is 1.48. The third-order valence-corrected chi connectivity index (χ3v) is 4.43. The summed E-state index contributed by atoms with van der Waals surface area (Å²) in [7, 11) is 1.29. The first-order valence-electron chi connectivity index (χ1n) is 8.04.